The largest absolute Gasteiger partial charge is 0.257 e. The molecule has 1 aliphatic rings. The SMILES string of the molecule is CC(C)c1nc(C2CC2)cc(-c2ccc(F)cc2)c1C=C(Br)Br. The number of halogens is 3. The molecule has 1 aromatic carbocycles. The van der Waals surface area contributed by atoms with Crippen molar-refractivity contribution in [3.8, 4) is 11.1 Å². The van der Waals surface area contributed by atoms with Crippen LogP contribution in [-0.2, 0) is 0 Å². The molecule has 1 fully saturated rings. The highest BCUT2D eigenvalue weighted by Gasteiger charge is 2.27. The zero-order valence-electron chi connectivity index (χ0n) is 13.1. The number of hydrogen-bond acceptors (Lipinski definition) is 1. The molecule has 120 valence electrons. The van der Waals surface area contributed by atoms with Crippen molar-refractivity contribution < 1.29 is 4.39 Å². The van der Waals surface area contributed by atoms with Crippen molar-refractivity contribution in [2.45, 2.75) is 38.5 Å². The van der Waals surface area contributed by atoms with Gasteiger partial charge in [-0.3, -0.25) is 4.98 Å². The van der Waals surface area contributed by atoms with Crippen molar-refractivity contribution in [3.63, 3.8) is 0 Å². The van der Waals surface area contributed by atoms with Crippen LogP contribution in [0.15, 0.2) is 33.7 Å². The van der Waals surface area contributed by atoms with E-state index in [-0.39, 0.29) is 5.82 Å². The molecule has 4 heteroatoms. The molecule has 1 aliphatic carbocycles. The number of aromatic nitrogens is 1. The highest BCUT2D eigenvalue weighted by molar-refractivity contribution is 9.28. The van der Waals surface area contributed by atoms with E-state index in [0.29, 0.717) is 11.8 Å². The lowest BCUT2D eigenvalue weighted by molar-refractivity contribution is 0.628. The van der Waals surface area contributed by atoms with E-state index in [2.05, 4.69) is 51.8 Å². The van der Waals surface area contributed by atoms with Gasteiger partial charge in [0.25, 0.3) is 0 Å². The van der Waals surface area contributed by atoms with Crippen molar-refractivity contribution >= 4 is 37.9 Å². The molecule has 0 saturated heterocycles. The molecular formula is C19H18Br2FN. The molecule has 0 spiro atoms. The Hall–Kier alpha value is -1.00. The smallest absolute Gasteiger partial charge is 0.123 e. The van der Waals surface area contributed by atoms with Crippen molar-refractivity contribution in [1.82, 2.24) is 4.98 Å². The maximum Gasteiger partial charge on any atom is 0.123 e. The van der Waals surface area contributed by atoms with Gasteiger partial charge in [0.05, 0.1) is 9.09 Å². The molecule has 0 unspecified atom stereocenters. The van der Waals surface area contributed by atoms with Crippen LogP contribution in [0.4, 0.5) is 4.39 Å². The standard InChI is InChI=1S/C19H18Br2FN/c1-11(2)19-16(10-18(20)21)15(9-17(23-19)13-3-4-13)12-5-7-14(22)8-6-12/h5-11,13H,3-4H2,1-2H3. The second-order valence-electron chi connectivity index (χ2n) is 6.26. The molecule has 23 heavy (non-hydrogen) atoms. The van der Waals surface area contributed by atoms with Crippen LogP contribution in [0, 0.1) is 5.82 Å². The van der Waals surface area contributed by atoms with Gasteiger partial charge in [0.2, 0.25) is 0 Å². The normalized spacial score (nSPS) is 14.2. The van der Waals surface area contributed by atoms with Gasteiger partial charge in [0.15, 0.2) is 0 Å². The van der Waals surface area contributed by atoms with Gasteiger partial charge in [-0.15, -0.1) is 0 Å². The van der Waals surface area contributed by atoms with Crippen LogP contribution < -0.4 is 0 Å². The molecule has 1 heterocycles. The quantitative estimate of drug-likeness (QED) is 0.501. The molecule has 1 aromatic heterocycles. The molecule has 0 amide bonds. The molecular weight excluding hydrogens is 421 g/mol. The Balaban J connectivity index is 2.25. The first-order chi connectivity index (χ1) is 11.0. The van der Waals surface area contributed by atoms with Crippen LogP contribution in [0.25, 0.3) is 17.2 Å². The van der Waals surface area contributed by atoms with Gasteiger partial charge in [0, 0.05) is 17.2 Å². The predicted octanol–water partition coefficient (Wildman–Crippen LogP) is 6.98. The van der Waals surface area contributed by atoms with Crippen LogP contribution in [0.3, 0.4) is 0 Å². The average Bonchev–Trinajstić information content (AvgIpc) is 3.32. The lowest BCUT2D eigenvalue weighted by Gasteiger charge is -2.17. The Kier molecular flexibility index (Phi) is 5.02. The Labute approximate surface area is 153 Å². The first-order valence-corrected chi connectivity index (χ1v) is 9.37. The fourth-order valence-electron chi connectivity index (χ4n) is 2.75. The van der Waals surface area contributed by atoms with Crippen molar-refractivity contribution in [3.05, 3.63) is 56.5 Å². The highest BCUT2D eigenvalue weighted by atomic mass is 79.9. The summed E-state index contributed by atoms with van der Waals surface area (Å²) in [5, 5.41) is 0. The molecule has 0 aliphatic heterocycles. The Morgan fingerprint density at radius 2 is 1.87 bits per heavy atom. The van der Waals surface area contributed by atoms with Crippen molar-refractivity contribution in [1.29, 1.82) is 0 Å². The molecule has 0 bridgehead atoms. The predicted molar refractivity (Wildman–Crippen MR) is 102 cm³/mol. The zero-order chi connectivity index (χ0) is 16.6. The van der Waals surface area contributed by atoms with Gasteiger partial charge in [-0.1, -0.05) is 26.0 Å². The second kappa shape index (κ2) is 6.86. The van der Waals surface area contributed by atoms with Crippen LogP contribution in [-0.4, -0.2) is 4.98 Å². The van der Waals surface area contributed by atoms with Crippen molar-refractivity contribution in [2.24, 2.45) is 0 Å². The maximum atomic E-state index is 13.3. The Bertz CT molecular complexity index is 743. The third-order valence-corrected chi connectivity index (χ3v) is 4.52. The van der Waals surface area contributed by atoms with E-state index >= 15 is 0 Å². The van der Waals surface area contributed by atoms with Crippen LogP contribution in [0.5, 0.6) is 0 Å². The summed E-state index contributed by atoms with van der Waals surface area (Å²) in [5.41, 5.74) is 5.47. The van der Waals surface area contributed by atoms with E-state index in [1.165, 1.54) is 25.0 Å². The minimum absolute atomic E-state index is 0.215. The van der Waals surface area contributed by atoms with Crippen LogP contribution in [0.1, 0.15) is 55.5 Å². The third-order valence-electron chi connectivity index (χ3n) is 4.06. The third kappa shape index (κ3) is 3.92. The topological polar surface area (TPSA) is 12.9 Å². The molecule has 0 radical (unpaired) electrons. The fourth-order valence-corrected chi connectivity index (χ4v) is 3.21. The summed E-state index contributed by atoms with van der Waals surface area (Å²) in [6, 6.07) is 8.87. The molecule has 0 N–H and O–H groups in total. The maximum absolute atomic E-state index is 13.3. The fraction of sp³-hybridized carbons (Fsp3) is 0.316. The van der Waals surface area contributed by atoms with Crippen molar-refractivity contribution in [2.75, 3.05) is 0 Å². The average molecular weight is 439 g/mol. The van der Waals surface area contributed by atoms with E-state index in [1.54, 1.807) is 0 Å². The Morgan fingerprint density at radius 3 is 2.39 bits per heavy atom. The summed E-state index contributed by atoms with van der Waals surface area (Å²) in [6.45, 7) is 4.32. The van der Waals surface area contributed by atoms with Gasteiger partial charge in [0.1, 0.15) is 5.82 Å². The number of hydrogen-bond donors (Lipinski definition) is 0. The molecule has 0 atom stereocenters. The van der Waals surface area contributed by atoms with E-state index < -0.39 is 0 Å². The Morgan fingerprint density at radius 1 is 1.22 bits per heavy atom. The van der Waals surface area contributed by atoms with Crippen LogP contribution in [0.2, 0.25) is 0 Å². The summed E-state index contributed by atoms with van der Waals surface area (Å²) in [7, 11) is 0. The number of rotatable bonds is 4. The van der Waals surface area contributed by atoms with Gasteiger partial charge in [-0.25, -0.2) is 4.39 Å². The van der Waals surface area contributed by atoms with Gasteiger partial charge in [-0.05, 0) is 86.0 Å². The van der Waals surface area contributed by atoms with E-state index in [4.69, 9.17) is 4.98 Å². The van der Waals surface area contributed by atoms with Crippen LogP contribution >= 0.6 is 31.9 Å². The first kappa shape index (κ1) is 16.8. The van der Waals surface area contributed by atoms with Gasteiger partial charge < -0.3 is 0 Å². The summed E-state index contributed by atoms with van der Waals surface area (Å²) in [4.78, 5) is 4.93. The molecule has 1 nitrogen and oxygen atoms in total. The number of pyridine rings is 1. The molecule has 3 rings (SSSR count). The van der Waals surface area contributed by atoms with E-state index in [0.717, 1.165) is 31.5 Å². The van der Waals surface area contributed by atoms with E-state index in [1.807, 2.05) is 18.2 Å². The summed E-state index contributed by atoms with van der Waals surface area (Å²) < 4.78 is 14.2. The lowest BCUT2D eigenvalue weighted by atomic mass is 9.93. The van der Waals surface area contributed by atoms with Gasteiger partial charge >= 0.3 is 0 Å². The lowest BCUT2D eigenvalue weighted by Crippen LogP contribution is -2.03. The van der Waals surface area contributed by atoms with E-state index in [9.17, 15) is 4.39 Å². The second-order valence-corrected chi connectivity index (χ2v) is 9.04. The molecule has 1 saturated carbocycles. The minimum atomic E-state index is -0.215. The highest BCUT2D eigenvalue weighted by Crippen LogP contribution is 2.42. The number of nitrogens with zero attached hydrogens (tertiary/aromatic N) is 1. The first-order valence-electron chi connectivity index (χ1n) is 7.79. The summed E-state index contributed by atoms with van der Waals surface area (Å²) >= 11 is 6.93. The minimum Gasteiger partial charge on any atom is -0.257 e. The van der Waals surface area contributed by atoms with Gasteiger partial charge in [-0.2, -0.15) is 0 Å². The summed E-state index contributed by atoms with van der Waals surface area (Å²) in [6.07, 6.45) is 4.47. The monoisotopic (exact) mass is 437 g/mol. The number of benzene rings is 1. The summed E-state index contributed by atoms with van der Waals surface area (Å²) in [5.74, 6) is 0.684. The molecule has 2 aromatic rings. The zero-order valence-corrected chi connectivity index (χ0v) is 16.3.